The fourth-order valence-corrected chi connectivity index (χ4v) is 2.33. The third-order valence-corrected chi connectivity index (χ3v) is 3.38. The molecule has 5 heteroatoms. The van der Waals surface area contributed by atoms with Gasteiger partial charge >= 0.3 is 0 Å². The van der Waals surface area contributed by atoms with Gasteiger partial charge in [0.05, 0.1) is 12.0 Å². The zero-order valence-electron chi connectivity index (χ0n) is 10.4. The van der Waals surface area contributed by atoms with Crippen LogP contribution in [0.3, 0.4) is 0 Å². The van der Waals surface area contributed by atoms with Crippen molar-refractivity contribution in [2.24, 2.45) is 0 Å². The lowest BCUT2D eigenvalue weighted by molar-refractivity contribution is 0.106. The van der Waals surface area contributed by atoms with Crippen LogP contribution in [-0.2, 0) is 0 Å². The Hall–Kier alpha value is -2.40. The van der Waals surface area contributed by atoms with Crippen LogP contribution in [0.2, 0.25) is 0 Å². The van der Waals surface area contributed by atoms with Crippen LogP contribution < -0.4 is 0 Å². The maximum absolute atomic E-state index is 11.9. The predicted octanol–water partition coefficient (Wildman–Crippen LogP) is 3.67. The van der Waals surface area contributed by atoms with E-state index in [4.69, 9.17) is 4.42 Å². The van der Waals surface area contributed by atoms with E-state index in [1.54, 1.807) is 18.3 Å². The Morgan fingerprint density at radius 2 is 1.90 bits per heavy atom. The van der Waals surface area contributed by atoms with Crippen LogP contribution >= 0.6 is 11.8 Å². The Morgan fingerprint density at radius 3 is 2.65 bits per heavy atom. The average Bonchev–Trinajstić information content (AvgIpc) is 3.03. The first-order valence-electron chi connectivity index (χ1n) is 5.97. The van der Waals surface area contributed by atoms with Gasteiger partial charge < -0.3 is 4.42 Å². The minimum Gasteiger partial charge on any atom is -0.460 e. The van der Waals surface area contributed by atoms with E-state index in [-0.39, 0.29) is 5.12 Å². The fourth-order valence-electron chi connectivity index (χ4n) is 1.69. The zero-order valence-corrected chi connectivity index (χ0v) is 11.2. The molecule has 3 rings (SSSR count). The standard InChI is InChI=1S/C15H10N2O2S/c18-14(13-7-4-10-19-13)20-15-16-9-8-12(17-15)11-5-2-1-3-6-11/h1-10H. The van der Waals surface area contributed by atoms with E-state index < -0.39 is 0 Å². The second-order valence-electron chi connectivity index (χ2n) is 3.96. The van der Waals surface area contributed by atoms with E-state index in [2.05, 4.69) is 9.97 Å². The number of hydrogen-bond donors (Lipinski definition) is 0. The number of aromatic nitrogens is 2. The minimum atomic E-state index is -0.208. The highest BCUT2D eigenvalue weighted by atomic mass is 32.2. The van der Waals surface area contributed by atoms with Gasteiger partial charge in [-0.3, -0.25) is 4.79 Å². The fraction of sp³-hybridized carbons (Fsp3) is 0. The molecule has 0 aliphatic carbocycles. The summed E-state index contributed by atoms with van der Waals surface area (Å²) in [4.78, 5) is 20.4. The van der Waals surface area contributed by atoms with Crippen molar-refractivity contribution in [1.29, 1.82) is 0 Å². The molecule has 3 aromatic rings. The molecule has 0 radical (unpaired) electrons. The van der Waals surface area contributed by atoms with Gasteiger partial charge in [-0.2, -0.15) is 0 Å². The highest BCUT2D eigenvalue weighted by Gasteiger charge is 2.13. The van der Waals surface area contributed by atoms with Crippen LogP contribution in [-0.4, -0.2) is 15.1 Å². The summed E-state index contributed by atoms with van der Waals surface area (Å²) in [6, 6.07) is 14.9. The zero-order chi connectivity index (χ0) is 13.8. The third kappa shape index (κ3) is 2.78. The van der Waals surface area contributed by atoms with Crippen molar-refractivity contribution in [2.75, 3.05) is 0 Å². The van der Waals surface area contributed by atoms with Crippen LogP contribution in [0.15, 0.2) is 70.6 Å². The van der Waals surface area contributed by atoms with Crippen molar-refractivity contribution >= 4 is 16.9 Å². The number of thioether (sulfide) groups is 1. The summed E-state index contributed by atoms with van der Waals surface area (Å²) in [7, 11) is 0. The van der Waals surface area contributed by atoms with Crippen LogP contribution in [0.1, 0.15) is 10.6 Å². The number of furan rings is 1. The van der Waals surface area contributed by atoms with Crippen molar-refractivity contribution < 1.29 is 9.21 Å². The van der Waals surface area contributed by atoms with E-state index in [0.717, 1.165) is 23.0 Å². The van der Waals surface area contributed by atoms with Crippen LogP contribution in [0, 0.1) is 0 Å². The summed E-state index contributed by atoms with van der Waals surface area (Å²) in [5.74, 6) is 0.295. The Kier molecular flexibility index (Phi) is 3.60. The quantitative estimate of drug-likeness (QED) is 0.542. The van der Waals surface area contributed by atoms with Crippen LogP contribution in [0.25, 0.3) is 11.3 Å². The SMILES string of the molecule is O=C(Sc1nccc(-c2ccccc2)n1)c1ccco1. The molecular formula is C15H10N2O2S. The Morgan fingerprint density at radius 1 is 1.05 bits per heavy atom. The summed E-state index contributed by atoms with van der Waals surface area (Å²) in [5, 5.41) is 0.202. The predicted molar refractivity (Wildman–Crippen MR) is 76.4 cm³/mol. The molecule has 0 amide bonds. The molecule has 0 spiro atoms. The van der Waals surface area contributed by atoms with E-state index in [1.807, 2.05) is 36.4 Å². The first-order chi connectivity index (χ1) is 9.83. The highest BCUT2D eigenvalue weighted by Crippen LogP contribution is 2.22. The molecule has 0 saturated heterocycles. The van der Waals surface area contributed by atoms with Gasteiger partial charge in [-0.05, 0) is 30.0 Å². The summed E-state index contributed by atoms with van der Waals surface area (Å²) in [6.07, 6.45) is 3.11. The molecule has 0 aliphatic heterocycles. The maximum atomic E-state index is 11.9. The molecule has 1 aromatic carbocycles. The minimum absolute atomic E-state index is 0.208. The van der Waals surface area contributed by atoms with Crippen LogP contribution in [0.5, 0.6) is 0 Å². The molecule has 0 atom stereocenters. The molecule has 0 saturated carbocycles. The first kappa shape index (κ1) is 12.6. The van der Waals surface area contributed by atoms with Gasteiger partial charge in [0.15, 0.2) is 10.9 Å². The lowest BCUT2D eigenvalue weighted by Crippen LogP contribution is -1.95. The Balaban J connectivity index is 1.83. The number of rotatable bonds is 3. The van der Waals surface area contributed by atoms with E-state index >= 15 is 0 Å². The second-order valence-corrected chi connectivity index (χ2v) is 4.90. The molecular weight excluding hydrogens is 272 g/mol. The normalized spacial score (nSPS) is 10.4. The topological polar surface area (TPSA) is 56.0 Å². The van der Waals surface area contributed by atoms with Gasteiger partial charge in [0.25, 0.3) is 5.12 Å². The summed E-state index contributed by atoms with van der Waals surface area (Å²) < 4.78 is 5.06. The van der Waals surface area contributed by atoms with Crippen LogP contribution in [0.4, 0.5) is 0 Å². The summed E-state index contributed by atoms with van der Waals surface area (Å²) >= 11 is 0.955. The molecule has 0 bridgehead atoms. The number of nitrogens with zero attached hydrogens (tertiary/aromatic N) is 2. The van der Waals surface area contributed by atoms with E-state index in [9.17, 15) is 4.79 Å². The van der Waals surface area contributed by atoms with Crippen molar-refractivity contribution in [3.8, 4) is 11.3 Å². The number of benzene rings is 1. The third-order valence-electron chi connectivity index (χ3n) is 2.61. The average molecular weight is 282 g/mol. The molecule has 2 heterocycles. The lowest BCUT2D eigenvalue weighted by atomic mass is 10.1. The highest BCUT2D eigenvalue weighted by molar-refractivity contribution is 8.14. The van der Waals surface area contributed by atoms with Gasteiger partial charge in [0.1, 0.15) is 0 Å². The summed E-state index contributed by atoms with van der Waals surface area (Å²) in [5.41, 5.74) is 1.78. The summed E-state index contributed by atoms with van der Waals surface area (Å²) in [6.45, 7) is 0. The van der Waals surface area contributed by atoms with Gasteiger partial charge in [-0.1, -0.05) is 30.3 Å². The van der Waals surface area contributed by atoms with Gasteiger partial charge in [0.2, 0.25) is 0 Å². The monoisotopic (exact) mass is 282 g/mol. The first-order valence-corrected chi connectivity index (χ1v) is 6.79. The van der Waals surface area contributed by atoms with E-state index in [0.29, 0.717) is 10.9 Å². The molecule has 98 valence electrons. The second kappa shape index (κ2) is 5.71. The number of hydrogen-bond acceptors (Lipinski definition) is 5. The Bertz CT molecular complexity index is 712. The molecule has 0 fully saturated rings. The molecule has 4 nitrogen and oxygen atoms in total. The molecule has 2 aromatic heterocycles. The molecule has 20 heavy (non-hydrogen) atoms. The molecule has 0 N–H and O–H groups in total. The Labute approximate surface area is 119 Å². The number of carbonyl (C=O) groups is 1. The largest absolute Gasteiger partial charge is 0.460 e. The van der Waals surface area contributed by atoms with Crippen molar-refractivity contribution in [3.05, 3.63) is 66.8 Å². The number of carbonyl (C=O) groups excluding carboxylic acids is 1. The van der Waals surface area contributed by atoms with Gasteiger partial charge in [-0.25, -0.2) is 9.97 Å². The molecule has 0 aliphatic rings. The van der Waals surface area contributed by atoms with E-state index in [1.165, 1.54) is 6.26 Å². The lowest BCUT2D eigenvalue weighted by Gasteiger charge is -2.02. The van der Waals surface area contributed by atoms with Crippen molar-refractivity contribution in [1.82, 2.24) is 9.97 Å². The smallest absolute Gasteiger partial charge is 0.262 e. The van der Waals surface area contributed by atoms with Crippen molar-refractivity contribution in [2.45, 2.75) is 5.16 Å². The maximum Gasteiger partial charge on any atom is 0.262 e. The van der Waals surface area contributed by atoms with Gasteiger partial charge in [-0.15, -0.1) is 0 Å². The van der Waals surface area contributed by atoms with Gasteiger partial charge in [0, 0.05) is 11.8 Å². The van der Waals surface area contributed by atoms with Crippen molar-refractivity contribution in [3.63, 3.8) is 0 Å². The molecule has 0 unspecified atom stereocenters.